The first kappa shape index (κ1) is 11.6. The Morgan fingerprint density at radius 3 is 2.50 bits per heavy atom. The standard InChI is InChI=1S/C10H6N2O6/c13-10(17-9-5-6-11-18-9)16-8-3-1-7(2-4-8)12(14)15/h1-6H. The zero-order valence-electron chi connectivity index (χ0n) is 8.81. The van der Waals surface area contributed by atoms with Gasteiger partial charge in [-0.2, -0.15) is 0 Å². The predicted octanol–water partition coefficient (Wildman–Crippen LogP) is 2.16. The van der Waals surface area contributed by atoms with Crippen LogP contribution in [0.15, 0.2) is 41.1 Å². The number of rotatable bonds is 3. The number of carbonyl (C=O) groups is 1. The molecule has 0 N–H and O–H groups in total. The van der Waals surface area contributed by atoms with E-state index >= 15 is 0 Å². The van der Waals surface area contributed by atoms with Crippen LogP contribution in [0.3, 0.4) is 0 Å². The molecular weight excluding hydrogens is 244 g/mol. The summed E-state index contributed by atoms with van der Waals surface area (Å²) in [5.41, 5.74) is -0.106. The van der Waals surface area contributed by atoms with Gasteiger partial charge < -0.3 is 14.0 Å². The van der Waals surface area contributed by atoms with Crippen LogP contribution in [0.25, 0.3) is 0 Å². The van der Waals surface area contributed by atoms with Crippen molar-refractivity contribution in [2.45, 2.75) is 0 Å². The van der Waals surface area contributed by atoms with Gasteiger partial charge >= 0.3 is 12.1 Å². The lowest BCUT2D eigenvalue weighted by Gasteiger charge is -2.02. The van der Waals surface area contributed by atoms with Gasteiger partial charge in [-0.1, -0.05) is 5.16 Å². The summed E-state index contributed by atoms with van der Waals surface area (Å²) in [6.07, 6.45) is 0.273. The zero-order chi connectivity index (χ0) is 13.0. The maximum Gasteiger partial charge on any atom is 0.521 e. The molecule has 0 aliphatic heterocycles. The smallest absolute Gasteiger partial charge is 0.395 e. The summed E-state index contributed by atoms with van der Waals surface area (Å²) in [6.45, 7) is 0. The van der Waals surface area contributed by atoms with E-state index in [1.165, 1.54) is 36.5 Å². The minimum atomic E-state index is -1.03. The van der Waals surface area contributed by atoms with E-state index in [4.69, 9.17) is 4.74 Å². The van der Waals surface area contributed by atoms with Crippen LogP contribution in [0, 0.1) is 10.1 Å². The number of nitro benzene ring substituents is 1. The fourth-order valence-electron chi connectivity index (χ4n) is 1.09. The van der Waals surface area contributed by atoms with Crippen molar-refractivity contribution in [3.63, 3.8) is 0 Å². The van der Waals surface area contributed by atoms with Crippen LogP contribution in [0.4, 0.5) is 10.5 Å². The van der Waals surface area contributed by atoms with Crippen molar-refractivity contribution in [3.8, 4) is 11.7 Å². The molecule has 1 aromatic heterocycles. The molecular formula is C10H6N2O6. The van der Waals surface area contributed by atoms with E-state index in [1.54, 1.807) is 0 Å². The highest BCUT2D eigenvalue weighted by atomic mass is 16.8. The Balaban J connectivity index is 1.97. The largest absolute Gasteiger partial charge is 0.521 e. The van der Waals surface area contributed by atoms with E-state index in [2.05, 4.69) is 14.4 Å². The Hall–Kier alpha value is -2.90. The van der Waals surface area contributed by atoms with Gasteiger partial charge in [0.15, 0.2) is 0 Å². The van der Waals surface area contributed by atoms with Gasteiger partial charge in [-0.05, 0) is 12.1 Å². The lowest BCUT2D eigenvalue weighted by molar-refractivity contribution is -0.384. The highest BCUT2D eigenvalue weighted by molar-refractivity contribution is 5.66. The number of non-ortho nitro benzene ring substituents is 1. The number of hydrogen-bond acceptors (Lipinski definition) is 7. The van der Waals surface area contributed by atoms with Crippen molar-refractivity contribution in [3.05, 3.63) is 46.6 Å². The molecule has 0 aliphatic rings. The lowest BCUT2D eigenvalue weighted by atomic mass is 10.3. The SMILES string of the molecule is O=C(Oc1ccc([N+](=O)[O-])cc1)Oc1ccno1. The summed E-state index contributed by atoms with van der Waals surface area (Å²) in [6, 6.07) is 6.30. The third kappa shape index (κ3) is 2.82. The second kappa shape index (κ2) is 4.95. The summed E-state index contributed by atoms with van der Waals surface area (Å²) in [5, 5.41) is 13.7. The van der Waals surface area contributed by atoms with Crippen LogP contribution in [-0.2, 0) is 0 Å². The van der Waals surface area contributed by atoms with Gasteiger partial charge in [-0.25, -0.2) is 4.79 Å². The monoisotopic (exact) mass is 250 g/mol. The molecule has 0 unspecified atom stereocenters. The molecule has 0 saturated carbocycles. The van der Waals surface area contributed by atoms with Crippen molar-refractivity contribution in [1.82, 2.24) is 5.16 Å². The van der Waals surface area contributed by atoms with Crippen LogP contribution < -0.4 is 9.47 Å². The highest BCUT2D eigenvalue weighted by Crippen LogP contribution is 2.18. The fourth-order valence-corrected chi connectivity index (χ4v) is 1.09. The Morgan fingerprint density at radius 2 is 1.94 bits per heavy atom. The number of ether oxygens (including phenoxy) is 2. The molecule has 8 nitrogen and oxygen atoms in total. The first-order valence-electron chi connectivity index (χ1n) is 4.70. The summed E-state index contributed by atoms with van der Waals surface area (Å²) < 4.78 is 13.9. The lowest BCUT2D eigenvalue weighted by Crippen LogP contribution is -2.13. The number of nitro groups is 1. The summed E-state index contributed by atoms with van der Waals surface area (Å²) in [5.74, 6) is 0.00651. The maximum atomic E-state index is 11.2. The van der Waals surface area contributed by atoms with Gasteiger partial charge in [-0.15, -0.1) is 0 Å². The fraction of sp³-hybridized carbons (Fsp3) is 0. The van der Waals surface area contributed by atoms with Gasteiger partial charge in [-0.3, -0.25) is 10.1 Å². The number of carbonyl (C=O) groups excluding carboxylic acids is 1. The number of aromatic nitrogens is 1. The van der Waals surface area contributed by atoms with Crippen molar-refractivity contribution < 1.29 is 23.7 Å². The minimum Gasteiger partial charge on any atom is -0.395 e. The molecule has 0 bridgehead atoms. The van der Waals surface area contributed by atoms with E-state index in [9.17, 15) is 14.9 Å². The molecule has 2 aromatic rings. The molecule has 1 aromatic carbocycles. The van der Waals surface area contributed by atoms with Crippen molar-refractivity contribution in [2.24, 2.45) is 0 Å². The average molecular weight is 250 g/mol. The molecule has 0 aliphatic carbocycles. The van der Waals surface area contributed by atoms with E-state index in [-0.39, 0.29) is 17.4 Å². The van der Waals surface area contributed by atoms with Gasteiger partial charge in [0.05, 0.1) is 11.1 Å². The van der Waals surface area contributed by atoms with Crippen LogP contribution in [0.2, 0.25) is 0 Å². The normalized spacial score (nSPS) is 9.78. The Labute approximate surface area is 99.9 Å². The second-order valence-corrected chi connectivity index (χ2v) is 3.04. The molecule has 0 spiro atoms. The molecule has 18 heavy (non-hydrogen) atoms. The van der Waals surface area contributed by atoms with E-state index in [1.807, 2.05) is 0 Å². The first-order valence-corrected chi connectivity index (χ1v) is 4.70. The van der Waals surface area contributed by atoms with Crippen LogP contribution in [-0.4, -0.2) is 16.2 Å². The Bertz CT molecular complexity index is 548. The molecule has 0 amide bonds. The van der Waals surface area contributed by atoms with Gasteiger partial charge in [0.1, 0.15) is 5.75 Å². The molecule has 2 rings (SSSR count). The summed E-state index contributed by atoms with van der Waals surface area (Å²) >= 11 is 0. The Kier molecular flexibility index (Phi) is 3.19. The topological polar surface area (TPSA) is 105 Å². The molecule has 92 valence electrons. The van der Waals surface area contributed by atoms with Gasteiger partial charge in [0, 0.05) is 18.2 Å². The quantitative estimate of drug-likeness (QED) is 0.355. The maximum absolute atomic E-state index is 11.2. The summed E-state index contributed by atoms with van der Waals surface area (Å²) in [4.78, 5) is 21.1. The Morgan fingerprint density at radius 1 is 1.22 bits per heavy atom. The number of benzene rings is 1. The van der Waals surface area contributed by atoms with Crippen LogP contribution in [0.1, 0.15) is 0 Å². The van der Waals surface area contributed by atoms with E-state index in [0.717, 1.165) is 0 Å². The highest BCUT2D eigenvalue weighted by Gasteiger charge is 2.11. The number of nitrogens with zero attached hydrogens (tertiary/aromatic N) is 2. The van der Waals surface area contributed by atoms with E-state index in [0.29, 0.717) is 0 Å². The van der Waals surface area contributed by atoms with Gasteiger partial charge in [0.25, 0.3) is 5.69 Å². The zero-order valence-corrected chi connectivity index (χ0v) is 8.81. The number of hydrogen-bond donors (Lipinski definition) is 0. The molecule has 8 heteroatoms. The predicted molar refractivity (Wildman–Crippen MR) is 56.3 cm³/mol. The third-order valence-corrected chi connectivity index (χ3v) is 1.85. The average Bonchev–Trinajstić information content (AvgIpc) is 2.82. The molecule has 0 fully saturated rings. The van der Waals surface area contributed by atoms with E-state index < -0.39 is 11.1 Å². The van der Waals surface area contributed by atoms with Crippen LogP contribution in [0.5, 0.6) is 11.7 Å². The second-order valence-electron chi connectivity index (χ2n) is 3.04. The van der Waals surface area contributed by atoms with Crippen molar-refractivity contribution >= 4 is 11.8 Å². The molecule has 0 saturated heterocycles. The van der Waals surface area contributed by atoms with Gasteiger partial charge in [0.2, 0.25) is 0 Å². The van der Waals surface area contributed by atoms with Crippen LogP contribution >= 0.6 is 0 Å². The minimum absolute atomic E-state index is 0.106. The summed E-state index contributed by atoms with van der Waals surface area (Å²) in [7, 11) is 0. The third-order valence-electron chi connectivity index (χ3n) is 1.85. The molecule has 1 heterocycles. The van der Waals surface area contributed by atoms with Crippen molar-refractivity contribution in [2.75, 3.05) is 0 Å². The molecule has 0 atom stereocenters. The molecule has 0 radical (unpaired) electrons. The first-order chi connectivity index (χ1) is 8.65. The van der Waals surface area contributed by atoms with Crippen molar-refractivity contribution in [1.29, 1.82) is 0 Å².